The Kier molecular flexibility index (Phi) is 3.03. The van der Waals surface area contributed by atoms with Crippen LogP contribution in [0.3, 0.4) is 0 Å². The monoisotopic (exact) mass is 199 g/mol. The number of phenolic OH excluding ortho intramolecular Hbond substituents is 1. The minimum absolute atomic E-state index is 0.104. The number of halogens is 1. The minimum Gasteiger partial charge on any atom is -0.508 e. The van der Waals surface area contributed by atoms with Gasteiger partial charge in [-0.1, -0.05) is 0 Å². The van der Waals surface area contributed by atoms with Gasteiger partial charge in [-0.3, -0.25) is 4.79 Å². The number of benzene rings is 1. The van der Waals surface area contributed by atoms with Gasteiger partial charge in [-0.15, -0.1) is 0 Å². The second-order valence-corrected chi connectivity index (χ2v) is 2.91. The van der Waals surface area contributed by atoms with Crippen LogP contribution in [0.4, 0.5) is 4.39 Å². The summed E-state index contributed by atoms with van der Waals surface area (Å²) in [6.45, 7) is 0. The molecule has 5 heteroatoms. The molecule has 0 saturated heterocycles. The molecular formula is C9H10FNO3. The van der Waals surface area contributed by atoms with Gasteiger partial charge >= 0.3 is 5.97 Å². The summed E-state index contributed by atoms with van der Waals surface area (Å²) >= 11 is 0. The molecule has 0 spiro atoms. The van der Waals surface area contributed by atoms with Crippen LogP contribution >= 0.6 is 0 Å². The highest BCUT2D eigenvalue weighted by Crippen LogP contribution is 2.25. The molecule has 0 aliphatic rings. The van der Waals surface area contributed by atoms with Gasteiger partial charge in [0.2, 0.25) is 0 Å². The van der Waals surface area contributed by atoms with E-state index in [0.717, 1.165) is 18.2 Å². The van der Waals surface area contributed by atoms with Crippen molar-refractivity contribution >= 4 is 5.97 Å². The van der Waals surface area contributed by atoms with Crippen molar-refractivity contribution in [3.05, 3.63) is 29.6 Å². The Hall–Kier alpha value is -1.62. The third-order valence-corrected chi connectivity index (χ3v) is 1.78. The fourth-order valence-corrected chi connectivity index (χ4v) is 1.12. The summed E-state index contributed by atoms with van der Waals surface area (Å²) in [5.74, 6) is -1.85. The second-order valence-electron chi connectivity index (χ2n) is 2.91. The van der Waals surface area contributed by atoms with Crippen molar-refractivity contribution in [2.75, 3.05) is 0 Å². The van der Waals surface area contributed by atoms with Gasteiger partial charge in [-0.05, 0) is 18.2 Å². The highest BCUT2D eigenvalue weighted by atomic mass is 19.1. The number of hydrogen-bond acceptors (Lipinski definition) is 3. The van der Waals surface area contributed by atoms with Crippen LogP contribution in [0, 0.1) is 5.82 Å². The van der Waals surface area contributed by atoms with Gasteiger partial charge in [-0.25, -0.2) is 4.39 Å². The van der Waals surface area contributed by atoms with Crippen molar-refractivity contribution in [2.24, 2.45) is 5.73 Å². The number of carboxylic acids is 1. The highest BCUT2D eigenvalue weighted by Gasteiger charge is 2.14. The second kappa shape index (κ2) is 4.06. The van der Waals surface area contributed by atoms with Crippen LogP contribution in [0.5, 0.6) is 5.75 Å². The molecule has 1 atom stereocenters. The lowest BCUT2D eigenvalue weighted by molar-refractivity contribution is -0.137. The maximum Gasteiger partial charge on any atom is 0.305 e. The maximum atomic E-state index is 12.7. The standard InChI is InChI=1S/C9H10FNO3/c10-5-1-2-8(12)6(3-5)7(11)4-9(13)14/h1-3,7,12H,4,11H2,(H,13,14)/t7-/m1/s1. The molecule has 0 unspecified atom stereocenters. The number of nitrogens with two attached hydrogens (primary N) is 1. The van der Waals surface area contributed by atoms with E-state index in [2.05, 4.69) is 0 Å². The third kappa shape index (κ3) is 2.43. The highest BCUT2D eigenvalue weighted by molar-refractivity contribution is 5.68. The fraction of sp³-hybridized carbons (Fsp3) is 0.222. The van der Waals surface area contributed by atoms with Gasteiger partial charge < -0.3 is 15.9 Å². The Morgan fingerprint density at radius 3 is 2.79 bits per heavy atom. The lowest BCUT2D eigenvalue weighted by atomic mass is 10.0. The molecule has 0 aliphatic heterocycles. The Bertz CT molecular complexity index is 354. The van der Waals surface area contributed by atoms with E-state index in [1.54, 1.807) is 0 Å². The smallest absolute Gasteiger partial charge is 0.305 e. The predicted molar refractivity (Wildman–Crippen MR) is 47.2 cm³/mol. The van der Waals surface area contributed by atoms with Gasteiger partial charge in [0.05, 0.1) is 6.42 Å². The first-order chi connectivity index (χ1) is 6.50. The Labute approximate surface area is 79.8 Å². The van der Waals surface area contributed by atoms with Crippen molar-refractivity contribution < 1.29 is 19.4 Å². The van der Waals surface area contributed by atoms with Crippen LogP contribution in [0.25, 0.3) is 0 Å². The maximum absolute atomic E-state index is 12.7. The first-order valence-corrected chi connectivity index (χ1v) is 3.96. The quantitative estimate of drug-likeness (QED) is 0.678. The molecule has 1 aromatic carbocycles. The molecule has 0 bridgehead atoms. The number of hydrogen-bond donors (Lipinski definition) is 3. The molecule has 0 saturated carbocycles. The van der Waals surface area contributed by atoms with Crippen molar-refractivity contribution in [1.82, 2.24) is 0 Å². The summed E-state index contributed by atoms with van der Waals surface area (Å²) in [5, 5.41) is 17.7. The zero-order chi connectivity index (χ0) is 10.7. The lowest BCUT2D eigenvalue weighted by Gasteiger charge is -2.10. The third-order valence-electron chi connectivity index (χ3n) is 1.78. The number of aromatic hydroxyl groups is 1. The SMILES string of the molecule is N[C@H](CC(=O)O)c1cc(F)ccc1O. The average Bonchev–Trinajstić information content (AvgIpc) is 2.08. The number of carbonyl (C=O) groups is 1. The van der Waals surface area contributed by atoms with Crippen molar-refractivity contribution in [3.8, 4) is 5.75 Å². The van der Waals surface area contributed by atoms with E-state index in [1.807, 2.05) is 0 Å². The van der Waals surface area contributed by atoms with Gasteiger partial charge in [-0.2, -0.15) is 0 Å². The first kappa shape index (κ1) is 10.5. The molecule has 0 radical (unpaired) electrons. The summed E-state index contributed by atoms with van der Waals surface area (Å²) in [7, 11) is 0. The average molecular weight is 199 g/mol. The van der Waals surface area contributed by atoms with E-state index < -0.39 is 17.8 Å². The zero-order valence-corrected chi connectivity index (χ0v) is 7.27. The molecular weight excluding hydrogens is 189 g/mol. The molecule has 0 aromatic heterocycles. The van der Waals surface area contributed by atoms with Crippen LogP contribution in [0.2, 0.25) is 0 Å². The Morgan fingerprint density at radius 1 is 1.57 bits per heavy atom. The summed E-state index contributed by atoms with van der Waals surface area (Å²) in [5.41, 5.74) is 5.56. The van der Waals surface area contributed by atoms with E-state index in [4.69, 9.17) is 10.8 Å². The van der Waals surface area contributed by atoms with Crippen molar-refractivity contribution in [1.29, 1.82) is 0 Å². The molecule has 4 nitrogen and oxygen atoms in total. The molecule has 0 aliphatic carbocycles. The van der Waals surface area contributed by atoms with Gasteiger partial charge in [0.1, 0.15) is 11.6 Å². The lowest BCUT2D eigenvalue weighted by Crippen LogP contribution is -2.15. The van der Waals surface area contributed by atoms with Crippen molar-refractivity contribution in [3.63, 3.8) is 0 Å². The van der Waals surface area contributed by atoms with Crippen LogP contribution in [-0.2, 0) is 4.79 Å². The number of carboxylic acid groups (broad SMARTS) is 1. The first-order valence-electron chi connectivity index (χ1n) is 3.96. The van der Waals surface area contributed by atoms with E-state index >= 15 is 0 Å². The molecule has 0 heterocycles. The molecule has 14 heavy (non-hydrogen) atoms. The van der Waals surface area contributed by atoms with E-state index in [-0.39, 0.29) is 17.7 Å². The summed E-state index contributed by atoms with van der Waals surface area (Å²) < 4.78 is 12.7. The van der Waals surface area contributed by atoms with Crippen LogP contribution in [-0.4, -0.2) is 16.2 Å². The molecule has 76 valence electrons. The van der Waals surface area contributed by atoms with Crippen LogP contribution in [0.1, 0.15) is 18.0 Å². The number of aliphatic carboxylic acids is 1. The molecule has 4 N–H and O–H groups in total. The zero-order valence-electron chi connectivity index (χ0n) is 7.27. The summed E-state index contributed by atoms with van der Waals surface area (Å²) in [6, 6.07) is 2.35. The Morgan fingerprint density at radius 2 is 2.21 bits per heavy atom. The van der Waals surface area contributed by atoms with Crippen LogP contribution < -0.4 is 5.73 Å². The number of phenols is 1. The largest absolute Gasteiger partial charge is 0.508 e. The van der Waals surface area contributed by atoms with Gasteiger partial charge in [0.25, 0.3) is 0 Å². The Balaban J connectivity index is 2.93. The molecule has 0 amide bonds. The summed E-state index contributed by atoms with van der Waals surface area (Å²) in [4.78, 5) is 10.3. The van der Waals surface area contributed by atoms with E-state index in [0.29, 0.717) is 0 Å². The van der Waals surface area contributed by atoms with Gasteiger partial charge in [0.15, 0.2) is 0 Å². The van der Waals surface area contributed by atoms with E-state index in [9.17, 15) is 14.3 Å². The molecule has 1 aromatic rings. The minimum atomic E-state index is -1.10. The summed E-state index contributed by atoms with van der Waals surface area (Å²) in [6.07, 6.45) is -0.350. The van der Waals surface area contributed by atoms with Crippen LogP contribution in [0.15, 0.2) is 18.2 Å². The van der Waals surface area contributed by atoms with Gasteiger partial charge in [0, 0.05) is 11.6 Å². The van der Waals surface area contributed by atoms with Crippen molar-refractivity contribution in [2.45, 2.75) is 12.5 Å². The fourth-order valence-electron chi connectivity index (χ4n) is 1.12. The number of rotatable bonds is 3. The molecule has 1 rings (SSSR count). The molecule has 0 fully saturated rings. The predicted octanol–water partition coefficient (Wildman–Crippen LogP) is 1.01. The normalized spacial score (nSPS) is 12.4. The topological polar surface area (TPSA) is 83.6 Å². The van der Waals surface area contributed by atoms with E-state index in [1.165, 1.54) is 0 Å².